The van der Waals surface area contributed by atoms with E-state index in [4.69, 9.17) is 14.2 Å². The number of pyridine rings is 2. The Morgan fingerprint density at radius 2 is 1.97 bits per heavy atom. The molecule has 1 N–H and O–H groups in total. The molecule has 1 amide bonds. The number of hydrogen-bond acceptors (Lipinski definition) is 6. The van der Waals surface area contributed by atoms with Crippen LogP contribution in [0, 0.1) is 19.8 Å². The molecule has 2 aromatic heterocycles. The second-order valence-electron chi connectivity index (χ2n) is 7.83. The molecule has 170 valence electrons. The molecule has 7 nitrogen and oxygen atoms in total. The highest BCUT2D eigenvalue weighted by Crippen LogP contribution is 2.27. The van der Waals surface area contributed by atoms with Gasteiger partial charge in [0.05, 0.1) is 31.2 Å². The first-order valence-electron chi connectivity index (χ1n) is 10.9. The number of nitrogens with one attached hydrogen (secondary N) is 1. The Hall–Kier alpha value is -3.35. The minimum absolute atomic E-state index is 0.0947. The van der Waals surface area contributed by atoms with Gasteiger partial charge in [-0.1, -0.05) is 13.0 Å². The maximum atomic E-state index is 11.1. The molecule has 0 unspecified atom stereocenters. The normalized spacial score (nSPS) is 15.0. The first kappa shape index (κ1) is 23.3. The van der Waals surface area contributed by atoms with Crippen LogP contribution in [-0.2, 0) is 4.79 Å². The standard InChI is InChI=1S/C14H15N3O2.C11H16O2/c1-9-5-12-11(3-2-4-15-12)14(17-9)19-8-10-6-13(18)16-7-10;1-4-7-13-10-6-5-9(2)8-11(10)12-3/h2-5,10H,6-8H2,1H3,(H,16,18);5-6,8H,4,7H2,1-3H3/t10-;/m1./s1. The van der Waals surface area contributed by atoms with Crippen LogP contribution in [0.15, 0.2) is 42.6 Å². The highest BCUT2D eigenvalue weighted by molar-refractivity contribution is 5.83. The van der Waals surface area contributed by atoms with E-state index in [-0.39, 0.29) is 11.8 Å². The molecule has 3 aromatic rings. The first-order chi connectivity index (χ1) is 15.5. The SMILES string of the molecule is CCCOc1ccc(C)cc1OC.Cc1cc2ncccc2c(OC[C@H]2CNC(=O)C2)n1. The van der Waals surface area contributed by atoms with E-state index in [1.165, 1.54) is 5.56 Å². The summed E-state index contributed by atoms with van der Waals surface area (Å²) in [6, 6.07) is 11.7. The summed E-state index contributed by atoms with van der Waals surface area (Å²) < 4.78 is 16.5. The highest BCUT2D eigenvalue weighted by Gasteiger charge is 2.22. The quantitative estimate of drug-likeness (QED) is 0.595. The van der Waals surface area contributed by atoms with Crippen molar-refractivity contribution in [1.29, 1.82) is 0 Å². The molecule has 1 aliphatic rings. The lowest BCUT2D eigenvalue weighted by atomic mass is 10.1. The maximum Gasteiger partial charge on any atom is 0.223 e. The average Bonchev–Trinajstić information content (AvgIpc) is 3.22. The van der Waals surface area contributed by atoms with Gasteiger partial charge >= 0.3 is 0 Å². The number of benzene rings is 1. The first-order valence-corrected chi connectivity index (χ1v) is 10.9. The van der Waals surface area contributed by atoms with Crippen molar-refractivity contribution < 1.29 is 19.0 Å². The molecule has 0 radical (unpaired) electrons. The van der Waals surface area contributed by atoms with Crippen molar-refractivity contribution in [2.45, 2.75) is 33.6 Å². The summed E-state index contributed by atoms with van der Waals surface area (Å²) in [6.45, 7) is 7.95. The van der Waals surface area contributed by atoms with Gasteiger partial charge in [-0.05, 0) is 56.2 Å². The maximum absolute atomic E-state index is 11.1. The third kappa shape index (κ3) is 6.33. The number of nitrogens with zero attached hydrogens (tertiary/aromatic N) is 2. The minimum Gasteiger partial charge on any atom is -0.493 e. The molecule has 1 aliphatic heterocycles. The zero-order chi connectivity index (χ0) is 22.9. The molecular weight excluding hydrogens is 406 g/mol. The van der Waals surface area contributed by atoms with Gasteiger partial charge in [-0.15, -0.1) is 0 Å². The molecular formula is C25H31N3O4. The molecule has 4 rings (SSSR count). The molecule has 0 aliphatic carbocycles. The Morgan fingerprint density at radius 1 is 1.12 bits per heavy atom. The van der Waals surface area contributed by atoms with Crippen molar-refractivity contribution in [3.8, 4) is 17.4 Å². The molecule has 0 spiro atoms. The van der Waals surface area contributed by atoms with Crippen LogP contribution in [0.4, 0.5) is 0 Å². The van der Waals surface area contributed by atoms with E-state index in [0.29, 0.717) is 25.5 Å². The fourth-order valence-electron chi connectivity index (χ4n) is 3.36. The van der Waals surface area contributed by atoms with Gasteiger partial charge < -0.3 is 19.5 Å². The zero-order valence-corrected chi connectivity index (χ0v) is 19.2. The number of amides is 1. The van der Waals surface area contributed by atoms with E-state index in [2.05, 4.69) is 22.2 Å². The number of methoxy groups -OCH3 is 1. The highest BCUT2D eigenvalue weighted by atomic mass is 16.5. The fraction of sp³-hybridized carbons (Fsp3) is 0.400. The van der Waals surface area contributed by atoms with E-state index in [0.717, 1.165) is 41.1 Å². The van der Waals surface area contributed by atoms with Crippen LogP contribution < -0.4 is 19.5 Å². The van der Waals surface area contributed by atoms with Crippen molar-refractivity contribution in [1.82, 2.24) is 15.3 Å². The molecule has 1 saturated heterocycles. The molecule has 1 atom stereocenters. The van der Waals surface area contributed by atoms with Crippen molar-refractivity contribution >= 4 is 16.8 Å². The van der Waals surface area contributed by atoms with Crippen molar-refractivity contribution in [3.05, 3.63) is 53.9 Å². The van der Waals surface area contributed by atoms with Gasteiger partial charge in [-0.3, -0.25) is 9.78 Å². The summed E-state index contributed by atoms with van der Waals surface area (Å²) >= 11 is 0. The minimum atomic E-state index is 0.0947. The summed E-state index contributed by atoms with van der Waals surface area (Å²) in [5.74, 6) is 2.56. The number of aryl methyl sites for hydroxylation is 2. The third-order valence-corrected chi connectivity index (χ3v) is 4.99. The van der Waals surface area contributed by atoms with Gasteiger partial charge in [-0.25, -0.2) is 4.98 Å². The summed E-state index contributed by atoms with van der Waals surface area (Å²) in [5, 5.41) is 3.71. The van der Waals surface area contributed by atoms with Crippen LogP contribution in [0.25, 0.3) is 10.9 Å². The number of rotatable bonds is 7. The summed E-state index contributed by atoms with van der Waals surface area (Å²) in [4.78, 5) is 19.9. The number of hydrogen-bond donors (Lipinski definition) is 1. The zero-order valence-electron chi connectivity index (χ0n) is 19.2. The van der Waals surface area contributed by atoms with Gasteiger partial charge in [0.25, 0.3) is 0 Å². The average molecular weight is 438 g/mol. The molecule has 3 heterocycles. The molecule has 7 heteroatoms. The van der Waals surface area contributed by atoms with E-state index in [9.17, 15) is 4.79 Å². The number of aromatic nitrogens is 2. The predicted molar refractivity (Wildman–Crippen MR) is 124 cm³/mol. The summed E-state index contributed by atoms with van der Waals surface area (Å²) in [7, 11) is 1.66. The van der Waals surface area contributed by atoms with Crippen LogP contribution in [0.3, 0.4) is 0 Å². The summed E-state index contributed by atoms with van der Waals surface area (Å²) in [6.07, 6.45) is 3.30. The number of carbonyl (C=O) groups excluding carboxylic acids is 1. The predicted octanol–water partition coefficient (Wildman–Crippen LogP) is 4.25. The second-order valence-corrected chi connectivity index (χ2v) is 7.83. The Labute approximate surface area is 189 Å². The molecule has 1 fully saturated rings. The van der Waals surface area contributed by atoms with Crippen LogP contribution in [0.2, 0.25) is 0 Å². The largest absolute Gasteiger partial charge is 0.493 e. The van der Waals surface area contributed by atoms with Gasteiger partial charge in [0, 0.05) is 30.8 Å². The van der Waals surface area contributed by atoms with E-state index in [1.807, 2.05) is 50.2 Å². The lowest BCUT2D eigenvalue weighted by Crippen LogP contribution is -2.17. The Kier molecular flexibility index (Phi) is 8.25. The molecule has 0 saturated carbocycles. The smallest absolute Gasteiger partial charge is 0.223 e. The fourth-order valence-corrected chi connectivity index (χ4v) is 3.36. The number of fused-ring (bicyclic) bond motifs is 1. The van der Waals surface area contributed by atoms with Crippen molar-refractivity contribution in [2.75, 3.05) is 26.9 Å². The number of carbonyl (C=O) groups is 1. The van der Waals surface area contributed by atoms with Crippen LogP contribution >= 0.6 is 0 Å². The summed E-state index contributed by atoms with van der Waals surface area (Å²) in [5.41, 5.74) is 2.94. The van der Waals surface area contributed by atoms with Gasteiger partial charge in [0.1, 0.15) is 0 Å². The van der Waals surface area contributed by atoms with Gasteiger partial charge in [-0.2, -0.15) is 0 Å². The van der Waals surface area contributed by atoms with Crippen molar-refractivity contribution in [3.63, 3.8) is 0 Å². The number of ether oxygens (including phenoxy) is 3. The topological polar surface area (TPSA) is 82.6 Å². The van der Waals surface area contributed by atoms with Gasteiger partial charge in [0.15, 0.2) is 11.5 Å². The Balaban J connectivity index is 0.000000195. The monoisotopic (exact) mass is 437 g/mol. The van der Waals surface area contributed by atoms with E-state index < -0.39 is 0 Å². The molecule has 1 aromatic carbocycles. The Bertz CT molecular complexity index is 1050. The van der Waals surface area contributed by atoms with Crippen molar-refractivity contribution in [2.24, 2.45) is 5.92 Å². The Morgan fingerprint density at radius 3 is 2.69 bits per heavy atom. The van der Waals surface area contributed by atoms with E-state index in [1.54, 1.807) is 13.3 Å². The van der Waals surface area contributed by atoms with Crippen LogP contribution in [0.1, 0.15) is 31.0 Å². The van der Waals surface area contributed by atoms with Crippen LogP contribution in [0.5, 0.6) is 17.4 Å². The van der Waals surface area contributed by atoms with E-state index >= 15 is 0 Å². The molecule has 32 heavy (non-hydrogen) atoms. The lowest BCUT2D eigenvalue weighted by Gasteiger charge is -2.11. The third-order valence-electron chi connectivity index (χ3n) is 4.99. The van der Waals surface area contributed by atoms with Gasteiger partial charge in [0.2, 0.25) is 11.8 Å². The molecule has 0 bridgehead atoms. The lowest BCUT2D eigenvalue weighted by molar-refractivity contribution is -0.119. The second kappa shape index (κ2) is 11.3. The van der Waals surface area contributed by atoms with Crippen LogP contribution in [-0.4, -0.2) is 42.7 Å².